The molecule has 1 fully saturated rings. The van der Waals surface area contributed by atoms with Crippen molar-refractivity contribution < 1.29 is 27.8 Å². The van der Waals surface area contributed by atoms with Gasteiger partial charge in [-0.3, -0.25) is 4.79 Å². The number of hydrogen-bond donors (Lipinski definition) is 2. The third-order valence-corrected chi connectivity index (χ3v) is 2.06. The highest BCUT2D eigenvalue weighted by molar-refractivity contribution is 5.76. The minimum Gasteiger partial charge on any atom is -0.386 e. The van der Waals surface area contributed by atoms with Crippen LogP contribution in [0.25, 0.3) is 0 Å². The van der Waals surface area contributed by atoms with Crippen LogP contribution < -0.4 is 5.32 Å². The summed E-state index contributed by atoms with van der Waals surface area (Å²) < 4.78 is 40.1. The van der Waals surface area contributed by atoms with E-state index in [-0.39, 0.29) is 13.2 Å². The Morgan fingerprint density at radius 2 is 2.20 bits per heavy atom. The van der Waals surface area contributed by atoms with E-state index in [1.165, 1.54) is 0 Å². The summed E-state index contributed by atoms with van der Waals surface area (Å²) in [7, 11) is 0. The Bertz CT molecular complexity index is 236. The van der Waals surface area contributed by atoms with Crippen LogP contribution in [-0.4, -0.2) is 42.5 Å². The summed E-state index contributed by atoms with van der Waals surface area (Å²) in [5, 5.41) is 11.7. The Morgan fingerprint density at radius 3 is 2.67 bits per heavy atom. The van der Waals surface area contributed by atoms with Crippen LogP contribution in [0.15, 0.2) is 0 Å². The van der Waals surface area contributed by atoms with Crippen LogP contribution >= 0.6 is 0 Å². The summed E-state index contributed by atoms with van der Waals surface area (Å²) in [6.45, 7) is 0.187. The lowest BCUT2D eigenvalue weighted by molar-refractivity contribution is -0.154. The van der Waals surface area contributed by atoms with Gasteiger partial charge in [0.15, 0.2) is 0 Å². The number of alkyl halides is 3. The molecule has 0 aromatic heterocycles. The van der Waals surface area contributed by atoms with Crippen LogP contribution in [0, 0.1) is 0 Å². The first-order valence-corrected chi connectivity index (χ1v) is 4.44. The van der Waals surface area contributed by atoms with Gasteiger partial charge in [0.1, 0.15) is 12.0 Å². The fraction of sp³-hybridized carbons (Fsp3) is 0.875. The molecule has 1 rings (SSSR count). The van der Waals surface area contributed by atoms with Crippen molar-refractivity contribution in [3.8, 4) is 0 Å². The second kappa shape index (κ2) is 4.36. The number of ether oxygens (including phenoxy) is 1. The van der Waals surface area contributed by atoms with Crippen molar-refractivity contribution in [2.24, 2.45) is 0 Å². The minimum absolute atomic E-state index is 0.0410. The maximum atomic E-state index is 11.8. The van der Waals surface area contributed by atoms with Crippen molar-refractivity contribution in [1.82, 2.24) is 5.32 Å². The maximum absolute atomic E-state index is 11.8. The summed E-state index contributed by atoms with van der Waals surface area (Å²) in [5.74, 6) is -1.14. The van der Waals surface area contributed by atoms with Crippen LogP contribution in [0.3, 0.4) is 0 Å². The second-order valence-corrected chi connectivity index (χ2v) is 3.60. The number of hydrogen-bond acceptors (Lipinski definition) is 3. The van der Waals surface area contributed by atoms with Gasteiger partial charge in [-0.25, -0.2) is 0 Å². The van der Waals surface area contributed by atoms with E-state index in [9.17, 15) is 23.1 Å². The first-order chi connectivity index (χ1) is 6.81. The molecule has 0 spiro atoms. The standard InChI is InChI=1S/C8H12F3NO3/c9-8(10,11)3-6(13)12-4-7(14)1-2-15-5-7/h14H,1-5H2,(H,12,13). The molecule has 4 nitrogen and oxygen atoms in total. The average Bonchev–Trinajstić information content (AvgIpc) is 2.47. The van der Waals surface area contributed by atoms with Gasteiger partial charge in [0, 0.05) is 19.6 Å². The lowest BCUT2D eigenvalue weighted by Crippen LogP contribution is -2.44. The van der Waals surface area contributed by atoms with Gasteiger partial charge >= 0.3 is 6.18 Å². The molecule has 0 aliphatic carbocycles. The van der Waals surface area contributed by atoms with Gasteiger partial charge in [0.05, 0.1) is 6.61 Å². The molecule has 7 heteroatoms. The zero-order chi connectivity index (χ0) is 11.5. The molecule has 1 atom stereocenters. The molecule has 15 heavy (non-hydrogen) atoms. The number of rotatable bonds is 3. The molecule has 2 N–H and O–H groups in total. The summed E-state index contributed by atoms with van der Waals surface area (Å²) in [5.41, 5.74) is -1.22. The molecule has 1 amide bonds. The van der Waals surface area contributed by atoms with Crippen LogP contribution in [-0.2, 0) is 9.53 Å². The number of amides is 1. The number of halogens is 3. The molecule has 0 saturated carbocycles. The lowest BCUT2D eigenvalue weighted by atomic mass is 10.0. The fourth-order valence-corrected chi connectivity index (χ4v) is 1.24. The number of aliphatic hydroxyl groups is 1. The van der Waals surface area contributed by atoms with Crippen LogP contribution in [0.2, 0.25) is 0 Å². The quantitative estimate of drug-likeness (QED) is 0.724. The van der Waals surface area contributed by atoms with Crippen molar-refractivity contribution >= 4 is 5.91 Å². The van der Waals surface area contributed by atoms with Crippen LogP contribution in [0.5, 0.6) is 0 Å². The molecule has 0 aromatic carbocycles. The van der Waals surface area contributed by atoms with E-state index in [2.05, 4.69) is 0 Å². The zero-order valence-corrected chi connectivity index (χ0v) is 7.93. The van der Waals surface area contributed by atoms with Gasteiger partial charge in [0.25, 0.3) is 0 Å². The highest BCUT2D eigenvalue weighted by atomic mass is 19.4. The average molecular weight is 227 g/mol. The van der Waals surface area contributed by atoms with Crippen molar-refractivity contribution in [1.29, 1.82) is 0 Å². The molecule has 1 saturated heterocycles. The largest absolute Gasteiger partial charge is 0.397 e. The van der Waals surface area contributed by atoms with E-state index in [0.717, 1.165) is 0 Å². The highest BCUT2D eigenvalue weighted by Gasteiger charge is 2.35. The monoisotopic (exact) mass is 227 g/mol. The normalized spacial score (nSPS) is 26.7. The fourth-order valence-electron chi connectivity index (χ4n) is 1.24. The van der Waals surface area contributed by atoms with Gasteiger partial charge < -0.3 is 15.2 Å². The van der Waals surface area contributed by atoms with Gasteiger partial charge in [0.2, 0.25) is 5.91 Å². The Hall–Kier alpha value is -0.820. The van der Waals surface area contributed by atoms with Gasteiger partial charge in [-0.15, -0.1) is 0 Å². The molecule has 1 aliphatic heterocycles. The smallest absolute Gasteiger partial charge is 0.386 e. The van der Waals surface area contributed by atoms with E-state index >= 15 is 0 Å². The minimum atomic E-state index is -4.52. The summed E-state index contributed by atoms with van der Waals surface area (Å²) >= 11 is 0. The Kier molecular flexibility index (Phi) is 3.56. The lowest BCUT2D eigenvalue weighted by Gasteiger charge is -2.20. The van der Waals surface area contributed by atoms with Gasteiger partial charge in [-0.05, 0) is 0 Å². The van der Waals surface area contributed by atoms with E-state index in [4.69, 9.17) is 4.74 Å². The second-order valence-electron chi connectivity index (χ2n) is 3.60. The predicted octanol–water partition coefficient (Wildman–Crippen LogP) is 0.206. The zero-order valence-electron chi connectivity index (χ0n) is 7.93. The predicted molar refractivity (Wildman–Crippen MR) is 44.1 cm³/mol. The highest BCUT2D eigenvalue weighted by Crippen LogP contribution is 2.20. The van der Waals surface area contributed by atoms with Crippen LogP contribution in [0.1, 0.15) is 12.8 Å². The molecule has 1 heterocycles. The first-order valence-electron chi connectivity index (χ1n) is 4.44. The van der Waals surface area contributed by atoms with Crippen LogP contribution in [0.4, 0.5) is 13.2 Å². The molecular formula is C8H12F3NO3. The van der Waals surface area contributed by atoms with Crippen molar-refractivity contribution in [3.05, 3.63) is 0 Å². The first kappa shape index (κ1) is 12.3. The molecule has 1 aliphatic rings. The van der Waals surface area contributed by atoms with Gasteiger partial charge in [-0.2, -0.15) is 13.2 Å². The SMILES string of the molecule is O=C(CC(F)(F)F)NCC1(O)CCOC1. The van der Waals surface area contributed by atoms with E-state index < -0.39 is 24.1 Å². The Balaban J connectivity index is 2.28. The summed E-state index contributed by atoms with van der Waals surface area (Å²) in [4.78, 5) is 10.8. The molecule has 0 aromatic rings. The number of carbonyl (C=O) groups excluding carboxylic acids is 1. The molecule has 0 bridgehead atoms. The molecule has 88 valence electrons. The third-order valence-electron chi connectivity index (χ3n) is 2.06. The maximum Gasteiger partial charge on any atom is 0.397 e. The molecule has 1 unspecified atom stereocenters. The molecular weight excluding hydrogens is 215 g/mol. The number of nitrogens with one attached hydrogen (secondary N) is 1. The third kappa shape index (κ3) is 4.48. The summed E-state index contributed by atoms with van der Waals surface area (Å²) in [6.07, 6.45) is -5.72. The van der Waals surface area contributed by atoms with Crippen molar-refractivity contribution in [2.45, 2.75) is 24.6 Å². The topological polar surface area (TPSA) is 58.6 Å². The summed E-state index contributed by atoms with van der Waals surface area (Å²) in [6, 6.07) is 0. The van der Waals surface area contributed by atoms with Crippen molar-refractivity contribution in [2.75, 3.05) is 19.8 Å². The van der Waals surface area contributed by atoms with E-state index in [0.29, 0.717) is 13.0 Å². The number of carbonyl (C=O) groups is 1. The Labute approximate surface area is 84.4 Å². The van der Waals surface area contributed by atoms with Crippen molar-refractivity contribution in [3.63, 3.8) is 0 Å². The van der Waals surface area contributed by atoms with Gasteiger partial charge in [-0.1, -0.05) is 0 Å². The Morgan fingerprint density at radius 1 is 1.53 bits per heavy atom. The van der Waals surface area contributed by atoms with E-state index in [1.54, 1.807) is 0 Å². The van der Waals surface area contributed by atoms with E-state index in [1.807, 2.05) is 5.32 Å². The molecule has 0 radical (unpaired) electrons.